The van der Waals surface area contributed by atoms with E-state index < -0.39 is 0 Å². The van der Waals surface area contributed by atoms with E-state index in [1.165, 1.54) is 11.8 Å². The fraction of sp³-hybridized carbons (Fsp3) is 0.0476. The summed E-state index contributed by atoms with van der Waals surface area (Å²) in [5.74, 6) is 1.01. The van der Waals surface area contributed by atoms with Gasteiger partial charge in [-0.2, -0.15) is 0 Å². The third-order valence-corrected chi connectivity index (χ3v) is 5.23. The number of para-hydroxylation sites is 1. The van der Waals surface area contributed by atoms with Gasteiger partial charge in [0.2, 0.25) is 0 Å². The molecule has 0 saturated carbocycles. The van der Waals surface area contributed by atoms with Gasteiger partial charge in [0.25, 0.3) is 5.91 Å². The van der Waals surface area contributed by atoms with E-state index >= 15 is 0 Å². The van der Waals surface area contributed by atoms with E-state index in [-0.39, 0.29) is 11.7 Å². The predicted molar refractivity (Wildman–Crippen MR) is 113 cm³/mol. The third kappa shape index (κ3) is 3.83. The molecule has 0 spiro atoms. The average molecular weight is 411 g/mol. The number of aromatic hydroxyl groups is 1. The summed E-state index contributed by atoms with van der Waals surface area (Å²) in [6.45, 7) is 1.84. The van der Waals surface area contributed by atoms with Crippen molar-refractivity contribution < 1.29 is 14.3 Å². The maximum atomic E-state index is 12.3. The maximum absolute atomic E-state index is 12.3. The molecule has 2 N–H and O–H groups in total. The number of amidine groups is 1. The van der Waals surface area contributed by atoms with E-state index in [1.807, 2.05) is 37.3 Å². The number of amides is 1. The normalized spacial score (nSPS) is 16.7. The molecule has 0 unspecified atom stereocenters. The summed E-state index contributed by atoms with van der Waals surface area (Å²) in [7, 11) is 0. The topological polar surface area (TPSA) is 74.8 Å². The Hall–Kier alpha value is -2.96. The van der Waals surface area contributed by atoms with Gasteiger partial charge in [0.15, 0.2) is 5.17 Å². The number of halogens is 1. The minimum absolute atomic E-state index is 0.0666. The average Bonchev–Trinajstić information content (AvgIpc) is 3.26. The molecule has 1 aliphatic rings. The highest BCUT2D eigenvalue weighted by atomic mass is 35.5. The molecule has 1 amide bonds. The van der Waals surface area contributed by atoms with Crippen molar-refractivity contribution in [3.63, 3.8) is 0 Å². The highest BCUT2D eigenvalue weighted by molar-refractivity contribution is 8.18. The molecule has 1 fully saturated rings. The standard InChI is InChI=1S/C21H15ClN2O3S/c1-12-4-2-7-16(25)19(12)23-21-24-20(26)18(28-21)11-15-8-9-17(27-15)13-5-3-6-14(22)10-13/h2-11,25H,1H3,(H,23,24,26)/b18-11+. The van der Waals surface area contributed by atoms with Gasteiger partial charge in [-0.25, -0.2) is 4.99 Å². The summed E-state index contributed by atoms with van der Waals surface area (Å²) >= 11 is 7.21. The van der Waals surface area contributed by atoms with Crippen LogP contribution in [-0.4, -0.2) is 16.2 Å². The molecule has 1 aliphatic heterocycles. The minimum atomic E-state index is -0.266. The monoisotopic (exact) mass is 410 g/mol. The first-order valence-corrected chi connectivity index (χ1v) is 9.63. The second kappa shape index (κ2) is 7.58. The first-order chi connectivity index (χ1) is 13.5. The quantitative estimate of drug-likeness (QED) is 0.558. The SMILES string of the molecule is Cc1cccc(O)c1N=C1NC(=O)/C(=C\c2ccc(-c3cccc(Cl)c3)o2)S1. The molecule has 5 nitrogen and oxygen atoms in total. The molecule has 1 aromatic heterocycles. The number of nitrogens with one attached hydrogen (secondary N) is 1. The van der Waals surface area contributed by atoms with Crippen molar-refractivity contribution in [2.24, 2.45) is 4.99 Å². The van der Waals surface area contributed by atoms with Crippen LogP contribution in [0.5, 0.6) is 5.75 Å². The van der Waals surface area contributed by atoms with Crippen molar-refractivity contribution in [3.8, 4) is 17.1 Å². The number of carbonyl (C=O) groups is 1. The molecular formula is C21H15ClN2O3S. The van der Waals surface area contributed by atoms with Gasteiger partial charge in [-0.3, -0.25) is 4.79 Å². The Morgan fingerprint density at radius 1 is 1.18 bits per heavy atom. The lowest BCUT2D eigenvalue weighted by Gasteiger charge is -2.03. The number of nitrogens with zero attached hydrogens (tertiary/aromatic N) is 1. The molecule has 2 aromatic carbocycles. The first-order valence-electron chi connectivity index (χ1n) is 8.43. The fourth-order valence-electron chi connectivity index (χ4n) is 2.73. The number of rotatable bonds is 3. The number of furan rings is 1. The molecule has 2 heterocycles. The van der Waals surface area contributed by atoms with Crippen LogP contribution < -0.4 is 5.32 Å². The summed E-state index contributed by atoms with van der Waals surface area (Å²) in [6, 6.07) is 16.1. The lowest BCUT2D eigenvalue weighted by molar-refractivity contribution is -0.115. The van der Waals surface area contributed by atoms with Crippen LogP contribution >= 0.6 is 23.4 Å². The summed E-state index contributed by atoms with van der Waals surface area (Å²) in [4.78, 5) is 17.1. The van der Waals surface area contributed by atoms with Gasteiger partial charge < -0.3 is 14.8 Å². The summed E-state index contributed by atoms with van der Waals surface area (Å²) < 4.78 is 5.82. The van der Waals surface area contributed by atoms with Crippen molar-refractivity contribution in [1.82, 2.24) is 5.32 Å². The highest BCUT2D eigenvalue weighted by Gasteiger charge is 2.25. The summed E-state index contributed by atoms with van der Waals surface area (Å²) in [5.41, 5.74) is 2.11. The molecule has 28 heavy (non-hydrogen) atoms. The molecule has 1 saturated heterocycles. The molecule has 0 radical (unpaired) electrons. The van der Waals surface area contributed by atoms with E-state index in [1.54, 1.807) is 30.3 Å². The van der Waals surface area contributed by atoms with Crippen LogP contribution in [0.25, 0.3) is 17.4 Å². The van der Waals surface area contributed by atoms with Crippen molar-refractivity contribution in [3.05, 3.63) is 75.8 Å². The number of benzene rings is 2. The van der Waals surface area contributed by atoms with E-state index in [4.69, 9.17) is 16.0 Å². The Labute approximate surface area is 170 Å². The van der Waals surface area contributed by atoms with Gasteiger partial charge >= 0.3 is 0 Å². The van der Waals surface area contributed by atoms with Crippen LogP contribution in [0.1, 0.15) is 11.3 Å². The smallest absolute Gasteiger partial charge is 0.264 e. The lowest BCUT2D eigenvalue weighted by Crippen LogP contribution is -2.19. The zero-order valence-electron chi connectivity index (χ0n) is 14.8. The highest BCUT2D eigenvalue weighted by Crippen LogP contribution is 2.34. The van der Waals surface area contributed by atoms with Gasteiger partial charge in [0.05, 0.1) is 4.91 Å². The minimum Gasteiger partial charge on any atom is -0.506 e. The predicted octanol–water partition coefficient (Wildman–Crippen LogP) is 5.51. The van der Waals surface area contributed by atoms with Crippen molar-refractivity contribution in [1.29, 1.82) is 0 Å². The number of carbonyl (C=O) groups excluding carboxylic acids is 1. The zero-order valence-corrected chi connectivity index (χ0v) is 16.3. The molecule has 0 bridgehead atoms. The zero-order chi connectivity index (χ0) is 19.7. The number of hydrogen-bond acceptors (Lipinski definition) is 5. The van der Waals surface area contributed by atoms with E-state index in [9.17, 15) is 9.90 Å². The Bertz CT molecular complexity index is 1110. The molecule has 7 heteroatoms. The second-order valence-electron chi connectivity index (χ2n) is 6.14. The van der Waals surface area contributed by atoms with Crippen LogP contribution in [0.3, 0.4) is 0 Å². The molecule has 140 valence electrons. The van der Waals surface area contributed by atoms with Crippen LogP contribution in [0.4, 0.5) is 5.69 Å². The van der Waals surface area contributed by atoms with Crippen LogP contribution in [-0.2, 0) is 4.79 Å². The van der Waals surface area contributed by atoms with Crippen LogP contribution in [0.15, 0.2) is 68.9 Å². The maximum Gasteiger partial charge on any atom is 0.264 e. The van der Waals surface area contributed by atoms with Crippen LogP contribution in [0, 0.1) is 6.92 Å². The van der Waals surface area contributed by atoms with Gasteiger partial charge in [-0.1, -0.05) is 35.9 Å². The van der Waals surface area contributed by atoms with Gasteiger partial charge in [-0.05, 0) is 54.6 Å². The number of aryl methyl sites for hydroxylation is 1. The van der Waals surface area contributed by atoms with Gasteiger partial charge in [0, 0.05) is 16.7 Å². The fourth-order valence-corrected chi connectivity index (χ4v) is 3.73. The molecule has 0 atom stereocenters. The van der Waals surface area contributed by atoms with Gasteiger partial charge in [-0.15, -0.1) is 0 Å². The van der Waals surface area contributed by atoms with Crippen LogP contribution in [0.2, 0.25) is 5.02 Å². The third-order valence-electron chi connectivity index (χ3n) is 4.09. The Kier molecular flexibility index (Phi) is 4.98. The number of hydrogen-bond donors (Lipinski definition) is 2. The number of thioether (sulfide) groups is 1. The second-order valence-corrected chi connectivity index (χ2v) is 7.60. The number of phenolic OH excluding ortho intramolecular Hbond substituents is 1. The Balaban J connectivity index is 1.58. The Morgan fingerprint density at radius 3 is 2.79 bits per heavy atom. The van der Waals surface area contributed by atoms with E-state index in [0.29, 0.717) is 32.3 Å². The van der Waals surface area contributed by atoms with E-state index in [0.717, 1.165) is 11.1 Å². The lowest BCUT2D eigenvalue weighted by atomic mass is 10.2. The van der Waals surface area contributed by atoms with Crippen molar-refractivity contribution >= 4 is 46.2 Å². The van der Waals surface area contributed by atoms with E-state index in [2.05, 4.69) is 10.3 Å². The van der Waals surface area contributed by atoms with Crippen molar-refractivity contribution in [2.75, 3.05) is 0 Å². The molecule has 4 rings (SSSR count). The summed E-state index contributed by atoms with van der Waals surface area (Å²) in [5, 5.41) is 13.7. The molecule has 3 aromatic rings. The summed E-state index contributed by atoms with van der Waals surface area (Å²) in [6.07, 6.45) is 1.66. The number of phenols is 1. The van der Waals surface area contributed by atoms with Crippen molar-refractivity contribution in [2.45, 2.75) is 6.92 Å². The first kappa shape index (κ1) is 18.4. The Morgan fingerprint density at radius 2 is 2.00 bits per heavy atom. The largest absolute Gasteiger partial charge is 0.506 e. The number of aliphatic imine (C=N–C) groups is 1. The molecular weight excluding hydrogens is 396 g/mol. The molecule has 0 aliphatic carbocycles. The van der Waals surface area contributed by atoms with Gasteiger partial charge in [0.1, 0.15) is 23.0 Å².